The third-order valence-electron chi connectivity index (χ3n) is 4.84. The van der Waals surface area contributed by atoms with E-state index in [0.717, 1.165) is 6.07 Å². The molecule has 0 fully saturated rings. The van der Waals surface area contributed by atoms with Crippen LogP contribution in [0.1, 0.15) is 28.3 Å². The van der Waals surface area contributed by atoms with Crippen LogP contribution in [0.5, 0.6) is 11.6 Å². The van der Waals surface area contributed by atoms with Crippen molar-refractivity contribution in [2.24, 2.45) is 4.99 Å². The molecule has 1 aromatic carbocycles. The summed E-state index contributed by atoms with van der Waals surface area (Å²) in [7, 11) is 0. The summed E-state index contributed by atoms with van der Waals surface area (Å²) in [6, 6.07) is 9.12. The van der Waals surface area contributed by atoms with Crippen molar-refractivity contribution in [3.63, 3.8) is 0 Å². The van der Waals surface area contributed by atoms with Crippen molar-refractivity contribution in [3.8, 4) is 23.9 Å². The molecule has 0 saturated heterocycles. The van der Waals surface area contributed by atoms with Crippen molar-refractivity contribution in [2.45, 2.75) is 12.2 Å². The fourth-order valence-electron chi connectivity index (χ4n) is 3.34. The van der Waals surface area contributed by atoms with E-state index in [1.54, 1.807) is 18.3 Å². The highest BCUT2D eigenvalue weighted by molar-refractivity contribution is 5.98. The van der Waals surface area contributed by atoms with Crippen LogP contribution in [0.3, 0.4) is 0 Å². The first kappa shape index (κ1) is 22.2. The normalized spacial score (nSPS) is 14.6. The van der Waals surface area contributed by atoms with Gasteiger partial charge in [-0.2, -0.15) is 23.7 Å². The Morgan fingerprint density at radius 1 is 1.12 bits per heavy atom. The summed E-state index contributed by atoms with van der Waals surface area (Å²) < 4.78 is 45.0. The molecule has 0 saturated carbocycles. The predicted molar refractivity (Wildman–Crippen MR) is 115 cm³/mol. The Balaban J connectivity index is 1.72. The number of nitrogen functional groups attached to an aromatic ring is 2. The molecule has 2 aromatic heterocycles. The molecule has 1 unspecified atom stereocenters. The van der Waals surface area contributed by atoms with Gasteiger partial charge in [-0.05, 0) is 29.8 Å². The van der Waals surface area contributed by atoms with E-state index in [0.29, 0.717) is 11.1 Å². The number of alkyl halides is 3. The summed E-state index contributed by atoms with van der Waals surface area (Å²) >= 11 is 0. The standard InChI is InChI=1S/C21H14F3N9O/c22-21(23,24)13-2-1-7-29-19(13)34-11-5-3-10(4-6-11)16-14-15(27)12(8-25)17(28)32-18(14)33-20(31-16)30-9-26/h1-7,16H,(H6,27,28,30,31,32,33). The lowest BCUT2D eigenvalue weighted by Crippen LogP contribution is -2.32. The Bertz CT molecular complexity index is 1370. The summed E-state index contributed by atoms with van der Waals surface area (Å²) in [5, 5.41) is 23.5. The zero-order valence-electron chi connectivity index (χ0n) is 17.1. The minimum Gasteiger partial charge on any atom is -0.438 e. The quantitative estimate of drug-likeness (QED) is 0.335. The van der Waals surface area contributed by atoms with Gasteiger partial charge in [0.15, 0.2) is 6.19 Å². The van der Waals surface area contributed by atoms with Crippen LogP contribution < -0.4 is 26.8 Å². The molecule has 6 N–H and O–H groups in total. The maximum absolute atomic E-state index is 13.2. The second kappa shape index (κ2) is 8.48. The molecule has 0 amide bonds. The number of aromatic nitrogens is 2. The smallest absolute Gasteiger partial charge is 0.421 e. The summed E-state index contributed by atoms with van der Waals surface area (Å²) in [5.74, 6) is -0.309. The van der Waals surface area contributed by atoms with Gasteiger partial charge in [0.2, 0.25) is 11.8 Å². The van der Waals surface area contributed by atoms with Crippen LogP contribution in [-0.2, 0) is 6.18 Å². The second-order valence-electron chi connectivity index (χ2n) is 6.93. The molecular formula is C21H14F3N9O. The van der Waals surface area contributed by atoms with Crippen molar-refractivity contribution < 1.29 is 17.9 Å². The van der Waals surface area contributed by atoms with E-state index in [4.69, 9.17) is 21.5 Å². The van der Waals surface area contributed by atoms with E-state index in [2.05, 4.69) is 25.6 Å². The Hall–Kier alpha value is -5.04. The van der Waals surface area contributed by atoms with Crippen LogP contribution in [0.2, 0.25) is 0 Å². The molecule has 0 spiro atoms. The molecule has 4 rings (SSSR count). The van der Waals surface area contributed by atoms with E-state index in [-0.39, 0.29) is 34.6 Å². The monoisotopic (exact) mass is 465 g/mol. The van der Waals surface area contributed by atoms with Crippen molar-refractivity contribution in [1.29, 1.82) is 10.5 Å². The number of aliphatic imine (C=N–C) groups is 1. The molecule has 1 aliphatic rings. The maximum Gasteiger partial charge on any atom is 0.421 e. The molecule has 1 atom stereocenters. The first-order chi connectivity index (χ1) is 16.2. The third-order valence-corrected chi connectivity index (χ3v) is 4.84. The number of fused-ring (bicyclic) bond motifs is 1. The van der Waals surface area contributed by atoms with E-state index < -0.39 is 23.7 Å². The number of ether oxygens (including phenoxy) is 1. The number of nitrogens with zero attached hydrogens (tertiary/aromatic N) is 5. The number of nitriles is 2. The summed E-state index contributed by atoms with van der Waals surface area (Å²) in [6.07, 6.45) is -1.70. The van der Waals surface area contributed by atoms with Gasteiger partial charge >= 0.3 is 6.18 Å². The molecule has 3 heterocycles. The minimum atomic E-state index is -4.63. The molecular weight excluding hydrogens is 451 g/mol. The Morgan fingerprint density at radius 2 is 1.85 bits per heavy atom. The number of nitrogens with two attached hydrogens (primary N) is 2. The number of guanidine groups is 1. The van der Waals surface area contributed by atoms with Gasteiger partial charge < -0.3 is 21.5 Å². The van der Waals surface area contributed by atoms with E-state index in [1.807, 2.05) is 6.07 Å². The highest BCUT2D eigenvalue weighted by Crippen LogP contribution is 2.41. The lowest BCUT2D eigenvalue weighted by molar-refractivity contribution is -0.138. The van der Waals surface area contributed by atoms with Crippen LogP contribution >= 0.6 is 0 Å². The van der Waals surface area contributed by atoms with Gasteiger partial charge in [-0.25, -0.2) is 15.0 Å². The van der Waals surface area contributed by atoms with Crippen molar-refractivity contribution in [3.05, 3.63) is 64.8 Å². The number of hydrogen-bond donors (Lipinski definition) is 4. The zero-order chi connectivity index (χ0) is 24.5. The van der Waals surface area contributed by atoms with Gasteiger partial charge in [-0.3, -0.25) is 5.32 Å². The zero-order valence-corrected chi connectivity index (χ0v) is 17.1. The average molecular weight is 465 g/mol. The first-order valence-electron chi connectivity index (χ1n) is 9.51. The number of rotatable bonds is 3. The SMILES string of the molecule is N#CNC1=NC(c2ccc(Oc3ncccc3C(F)(F)F)cc2)c2c(nc(N)c(C#N)c2N)N1. The van der Waals surface area contributed by atoms with Crippen LogP contribution in [0.25, 0.3) is 0 Å². The Morgan fingerprint density at radius 3 is 2.50 bits per heavy atom. The van der Waals surface area contributed by atoms with Crippen molar-refractivity contribution >= 4 is 23.3 Å². The highest BCUT2D eigenvalue weighted by Gasteiger charge is 2.35. The fourth-order valence-corrected chi connectivity index (χ4v) is 3.34. The van der Waals surface area contributed by atoms with Crippen molar-refractivity contribution in [1.82, 2.24) is 15.3 Å². The average Bonchev–Trinajstić information content (AvgIpc) is 2.79. The van der Waals surface area contributed by atoms with Crippen LogP contribution in [0, 0.1) is 22.8 Å². The van der Waals surface area contributed by atoms with Crippen LogP contribution in [-0.4, -0.2) is 15.9 Å². The molecule has 3 aromatic rings. The molecule has 34 heavy (non-hydrogen) atoms. The van der Waals surface area contributed by atoms with E-state index >= 15 is 0 Å². The predicted octanol–water partition coefficient (Wildman–Crippen LogP) is 3.27. The number of hydrogen-bond acceptors (Lipinski definition) is 10. The van der Waals surface area contributed by atoms with Gasteiger partial charge in [-0.1, -0.05) is 12.1 Å². The number of benzene rings is 1. The highest BCUT2D eigenvalue weighted by atomic mass is 19.4. The number of pyridine rings is 2. The third kappa shape index (κ3) is 4.05. The maximum atomic E-state index is 13.2. The van der Waals surface area contributed by atoms with E-state index in [1.165, 1.54) is 24.4 Å². The largest absolute Gasteiger partial charge is 0.438 e. The summed E-state index contributed by atoms with van der Waals surface area (Å²) in [6.45, 7) is 0. The number of anilines is 3. The fraction of sp³-hybridized carbons (Fsp3) is 0.0952. The lowest BCUT2D eigenvalue weighted by Gasteiger charge is -2.26. The minimum absolute atomic E-state index is 0.0211. The molecule has 1 aliphatic heterocycles. The number of nitrogens with one attached hydrogen (secondary N) is 2. The Labute approximate surface area is 190 Å². The first-order valence-corrected chi connectivity index (χ1v) is 9.51. The Kier molecular flexibility index (Phi) is 5.53. The second-order valence-corrected chi connectivity index (χ2v) is 6.93. The van der Waals surface area contributed by atoms with Gasteiger partial charge in [0.1, 0.15) is 40.6 Å². The molecule has 0 bridgehead atoms. The van der Waals surface area contributed by atoms with Gasteiger partial charge in [-0.15, -0.1) is 0 Å². The summed E-state index contributed by atoms with van der Waals surface area (Å²) in [4.78, 5) is 12.2. The molecule has 10 nitrogen and oxygen atoms in total. The van der Waals surface area contributed by atoms with Crippen LogP contribution in [0.4, 0.5) is 30.5 Å². The lowest BCUT2D eigenvalue weighted by atomic mass is 9.95. The molecule has 0 radical (unpaired) electrons. The van der Waals surface area contributed by atoms with Crippen LogP contribution in [0.15, 0.2) is 47.6 Å². The van der Waals surface area contributed by atoms with Gasteiger partial charge in [0.25, 0.3) is 0 Å². The number of halogens is 3. The molecule has 13 heteroatoms. The van der Waals surface area contributed by atoms with Gasteiger partial charge in [0.05, 0.1) is 5.69 Å². The molecule has 170 valence electrons. The van der Waals surface area contributed by atoms with Crippen molar-refractivity contribution in [2.75, 3.05) is 16.8 Å². The molecule has 0 aliphatic carbocycles. The summed E-state index contributed by atoms with van der Waals surface area (Å²) in [5.41, 5.74) is 11.9. The van der Waals surface area contributed by atoms with Gasteiger partial charge in [0, 0.05) is 11.8 Å². The van der Waals surface area contributed by atoms with E-state index in [9.17, 15) is 18.4 Å². The topological polar surface area (TPSA) is 171 Å².